The van der Waals surface area contributed by atoms with E-state index in [1.54, 1.807) is 6.92 Å². The number of nitriles is 1. The highest BCUT2D eigenvalue weighted by Gasteiger charge is 2.33. The van der Waals surface area contributed by atoms with Crippen LogP contribution >= 0.6 is 0 Å². The lowest BCUT2D eigenvalue weighted by Crippen LogP contribution is -2.44. The highest BCUT2D eigenvalue weighted by molar-refractivity contribution is 5.93. The summed E-state index contributed by atoms with van der Waals surface area (Å²) in [5, 5.41) is 12.5. The molecule has 24 heavy (non-hydrogen) atoms. The SMILES string of the molecule is CCC1CC(Nc2ccc(C#N)cc2)c2ccccc2N1C(C)=O. The fourth-order valence-electron chi connectivity index (χ4n) is 3.46. The van der Waals surface area contributed by atoms with Crippen molar-refractivity contribution in [3.63, 3.8) is 0 Å². The molecule has 4 heteroatoms. The molecule has 1 aliphatic rings. The molecule has 0 radical (unpaired) electrons. The summed E-state index contributed by atoms with van der Waals surface area (Å²) in [6, 6.07) is 18.1. The molecule has 122 valence electrons. The number of hydrogen-bond acceptors (Lipinski definition) is 3. The lowest BCUT2D eigenvalue weighted by molar-refractivity contribution is -0.117. The van der Waals surface area contributed by atoms with Crippen molar-refractivity contribution >= 4 is 17.3 Å². The number of carbonyl (C=O) groups is 1. The van der Waals surface area contributed by atoms with E-state index in [-0.39, 0.29) is 18.0 Å². The molecule has 0 saturated heterocycles. The Morgan fingerprint density at radius 1 is 1.25 bits per heavy atom. The normalized spacial score (nSPS) is 19.3. The van der Waals surface area contributed by atoms with E-state index < -0.39 is 0 Å². The third kappa shape index (κ3) is 2.98. The number of para-hydroxylation sites is 1. The van der Waals surface area contributed by atoms with Crippen LogP contribution in [0.15, 0.2) is 48.5 Å². The molecule has 2 aromatic rings. The zero-order chi connectivity index (χ0) is 17.1. The van der Waals surface area contributed by atoms with Crippen LogP contribution in [0.5, 0.6) is 0 Å². The van der Waals surface area contributed by atoms with Crippen molar-refractivity contribution in [1.82, 2.24) is 0 Å². The number of fused-ring (bicyclic) bond motifs is 1. The zero-order valence-corrected chi connectivity index (χ0v) is 14.0. The minimum Gasteiger partial charge on any atom is -0.378 e. The van der Waals surface area contributed by atoms with Crippen molar-refractivity contribution in [3.05, 3.63) is 59.7 Å². The van der Waals surface area contributed by atoms with Gasteiger partial charge in [0.1, 0.15) is 0 Å². The molecule has 4 nitrogen and oxygen atoms in total. The molecule has 0 spiro atoms. The average molecular weight is 319 g/mol. The van der Waals surface area contributed by atoms with E-state index in [1.807, 2.05) is 47.4 Å². The van der Waals surface area contributed by atoms with E-state index in [2.05, 4.69) is 24.4 Å². The van der Waals surface area contributed by atoms with E-state index in [1.165, 1.54) is 0 Å². The summed E-state index contributed by atoms with van der Waals surface area (Å²) < 4.78 is 0. The Bertz CT molecular complexity index is 776. The quantitative estimate of drug-likeness (QED) is 0.920. The van der Waals surface area contributed by atoms with E-state index in [0.29, 0.717) is 5.56 Å². The molecule has 0 aromatic heterocycles. The number of amides is 1. The van der Waals surface area contributed by atoms with Crippen molar-refractivity contribution < 1.29 is 4.79 Å². The van der Waals surface area contributed by atoms with E-state index in [0.717, 1.165) is 29.8 Å². The smallest absolute Gasteiger partial charge is 0.224 e. The topological polar surface area (TPSA) is 56.1 Å². The van der Waals surface area contributed by atoms with Crippen LogP contribution in [0.3, 0.4) is 0 Å². The molecule has 1 aliphatic heterocycles. The highest BCUT2D eigenvalue weighted by Crippen LogP contribution is 2.39. The number of nitrogens with zero attached hydrogens (tertiary/aromatic N) is 2. The maximum Gasteiger partial charge on any atom is 0.224 e. The highest BCUT2D eigenvalue weighted by atomic mass is 16.2. The van der Waals surface area contributed by atoms with Crippen LogP contribution in [0.2, 0.25) is 0 Å². The molecular weight excluding hydrogens is 298 g/mol. The molecule has 0 saturated carbocycles. The molecule has 1 heterocycles. The number of benzene rings is 2. The molecule has 3 rings (SSSR count). The minimum absolute atomic E-state index is 0.0890. The summed E-state index contributed by atoms with van der Waals surface area (Å²) in [6.45, 7) is 3.75. The number of rotatable bonds is 3. The predicted molar refractivity (Wildman–Crippen MR) is 95.8 cm³/mol. The Morgan fingerprint density at radius 2 is 1.96 bits per heavy atom. The third-order valence-electron chi connectivity index (χ3n) is 4.61. The molecule has 2 atom stereocenters. The van der Waals surface area contributed by atoms with Gasteiger partial charge in [0, 0.05) is 24.3 Å². The second-order valence-electron chi connectivity index (χ2n) is 6.13. The summed E-state index contributed by atoms with van der Waals surface area (Å²) in [5.41, 5.74) is 3.77. The van der Waals surface area contributed by atoms with E-state index >= 15 is 0 Å². The van der Waals surface area contributed by atoms with Crippen molar-refractivity contribution in [2.24, 2.45) is 0 Å². The van der Waals surface area contributed by atoms with E-state index in [9.17, 15) is 4.79 Å². The van der Waals surface area contributed by atoms with Gasteiger partial charge in [-0.3, -0.25) is 4.79 Å². The molecule has 1 N–H and O–H groups in total. The van der Waals surface area contributed by atoms with Crippen LogP contribution in [0.25, 0.3) is 0 Å². The van der Waals surface area contributed by atoms with Crippen molar-refractivity contribution in [2.45, 2.75) is 38.8 Å². The minimum atomic E-state index is 0.0890. The molecule has 2 aromatic carbocycles. The first-order valence-electron chi connectivity index (χ1n) is 8.29. The van der Waals surface area contributed by atoms with Gasteiger partial charge in [0.05, 0.1) is 17.7 Å². The lowest BCUT2D eigenvalue weighted by Gasteiger charge is -2.40. The Hall–Kier alpha value is -2.80. The van der Waals surface area contributed by atoms with Crippen LogP contribution in [-0.4, -0.2) is 11.9 Å². The van der Waals surface area contributed by atoms with Gasteiger partial charge in [0.15, 0.2) is 0 Å². The van der Waals surface area contributed by atoms with Crippen LogP contribution in [0, 0.1) is 11.3 Å². The van der Waals surface area contributed by atoms with Gasteiger partial charge in [-0.05, 0) is 48.7 Å². The second-order valence-corrected chi connectivity index (χ2v) is 6.13. The Morgan fingerprint density at radius 3 is 2.58 bits per heavy atom. The van der Waals surface area contributed by atoms with Crippen molar-refractivity contribution in [2.75, 3.05) is 10.2 Å². The first kappa shape index (κ1) is 16.1. The Labute approximate surface area is 142 Å². The molecule has 0 fully saturated rings. The molecule has 0 bridgehead atoms. The van der Waals surface area contributed by atoms with Gasteiger partial charge in [0.25, 0.3) is 0 Å². The van der Waals surface area contributed by atoms with Crippen LogP contribution < -0.4 is 10.2 Å². The molecular formula is C20H21N3O. The number of anilines is 2. The summed E-state index contributed by atoms with van der Waals surface area (Å²) in [5.74, 6) is 0.0890. The predicted octanol–water partition coefficient (Wildman–Crippen LogP) is 4.25. The van der Waals surface area contributed by atoms with Gasteiger partial charge < -0.3 is 10.2 Å². The van der Waals surface area contributed by atoms with Crippen LogP contribution in [0.4, 0.5) is 11.4 Å². The monoisotopic (exact) mass is 319 g/mol. The standard InChI is InChI=1S/C20H21N3O/c1-3-17-12-19(22-16-10-8-15(13-21)9-11-16)18-6-4-5-7-20(18)23(17)14(2)24/h4-11,17,19,22H,3,12H2,1-2H3. The van der Waals surface area contributed by atoms with Crippen LogP contribution in [0.1, 0.15) is 43.9 Å². The van der Waals surface area contributed by atoms with Gasteiger partial charge in [-0.25, -0.2) is 0 Å². The Kier molecular flexibility index (Phi) is 4.52. The molecule has 2 unspecified atom stereocenters. The second kappa shape index (κ2) is 6.76. The number of hydrogen-bond donors (Lipinski definition) is 1. The van der Waals surface area contributed by atoms with Gasteiger partial charge in [-0.15, -0.1) is 0 Å². The summed E-state index contributed by atoms with van der Waals surface area (Å²) >= 11 is 0. The van der Waals surface area contributed by atoms with Crippen molar-refractivity contribution in [3.8, 4) is 6.07 Å². The van der Waals surface area contributed by atoms with Crippen molar-refractivity contribution in [1.29, 1.82) is 5.26 Å². The van der Waals surface area contributed by atoms with Gasteiger partial charge >= 0.3 is 0 Å². The first-order chi connectivity index (χ1) is 11.6. The number of carbonyl (C=O) groups excluding carboxylic acids is 1. The third-order valence-corrected chi connectivity index (χ3v) is 4.61. The first-order valence-corrected chi connectivity index (χ1v) is 8.29. The van der Waals surface area contributed by atoms with E-state index in [4.69, 9.17) is 5.26 Å². The average Bonchev–Trinajstić information content (AvgIpc) is 2.61. The van der Waals surface area contributed by atoms with Gasteiger partial charge in [-0.2, -0.15) is 5.26 Å². The summed E-state index contributed by atoms with van der Waals surface area (Å²) in [7, 11) is 0. The summed E-state index contributed by atoms with van der Waals surface area (Å²) in [6.07, 6.45) is 1.78. The maximum absolute atomic E-state index is 12.1. The Balaban J connectivity index is 1.94. The molecule has 0 aliphatic carbocycles. The fourth-order valence-corrected chi connectivity index (χ4v) is 3.46. The maximum atomic E-state index is 12.1. The fraction of sp³-hybridized carbons (Fsp3) is 0.300. The van der Waals surface area contributed by atoms with Crippen LogP contribution in [-0.2, 0) is 4.79 Å². The number of nitrogens with one attached hydrogen (secondary N) is 1. The van der Waals surface area contributed by atoms with Gasteiger partial charge in [-0.1, -0.05) is 25.1 Å². The van der Waals surface area contributed by atoms with Gasteiger partial charge in [0.2, 0.25) is 5.91 Å². The largest absolute Gasteiger partial charge is 0.378 e. The lowest BCUT2D eigenvalue weighted by atomic mass is 9.89. The zero-order valence-electron chi connectivity index (χ0n) is 14.0. The molecule has 1 amide bonds. The summed E-state index contributed by atoms with van der Waals surface area (Å²) in [4.78, 5) is 14.1.